The van der Waals surface area contributed by atoms with Crippen LogP contribution < -0.4 is 11.1 Å². The summed E-state index contributed by atoms with van der Waals surface area (Å²) in [6.45, 7) is 2.99. The van der Waals surface area contributed by atoms with Crippen molar-refractivity contribution in [3.05, 3.63) is 36.4 Å². The number of anilines is 2. The second-order valence-electron chi connectivity index (χ2n) is 4.15. The lowest BCUT2D eigenvalue weighted by Crippen LogP contribution is -1.98. The highest BCUT2D eigenvalue weighted by atomic mass is 14.9. The van der Waals surface area contributed by atoms with E-state index in [0.717, 1.165) is 34.3 Å². The summed E-state index contributed by atoms with van der Waals surface area (Å²) in [6.07, 6.45) is 0. The fourth-order valence-corrected chi connectivity index (χ4v) is 2.32. The van der Waals surface area contributed by atoms with Crippen LogP contribution in [0.3, 0.4) is 0 Å². The minimum atomic E-state index is 0.819. The third-order valence-electron chi connectivity index (χ3n) is 3.06. The normalized spacial score (nSPS) is 11.1. The van der Waals surface area contributed by atoms with Crippen LogP contribution in [0.1, 0.15) is 6.92 Å². The summed E-state index contributed by atoms with van der Waals surface area (Å²) in [7, 11) is 0. The molecule has 1 aromatic heterocycles. The van der Waals surface area contributed by atoms with Crippen LogP contribution in [0.2, 0.25) is 0 Å². The highest BCUT2D eigenvalue weighted by Crippen LogP contribution is 2.34. The molecule has 0 bridgehead atoms. The Morgan fingerprint density at radius 3 is 2.82 bits per heavy atom. The van der Waals surface area contributed by atoms with Gasteiger partial charge < -0.3 is 16.0 Å². The predicted molar refractivity (Wildman–Crippen MR) is 74.4 cm³/mol. The maximum atomic E-state index is 6.08. The van der Waals surface area contributed by atoms with E-state index in [9.17, 15) is 0 Å². The van der Waals surface area contributed by atoms with Gasteiger partial charge in [0.2, 0.25) is 0 Å². The number of rotatable bonds is 2. The third kappa shape index (κ3) is 1.43. The Hall–Kier alpha value is -2.16. The molecule has 0 fully saturated rings. The quantitative estimate of drug-likeness (QED) is 0.586. The summed E-state index contributed by atoms with van der Waals surface area (Å²) in [5, 5.41) is 5.64. The van der Waals surface area contributed by atoms with Gasteiger partial charge in [0.1, 0.15) is 0 Å². The zero-order valence-electron chi connectivity index (χ0n) is 9.75. The Labute approximate surface area is 99.6 Å². The van der Waals surface area contributed by atoms with E-state index in [1.54, 1.807) is 0 Å². The van der Waals surface area contributed by atoms with Crippen LogP contribution in [0.5, 0.6) is 0 Å². The number of hydrogen-bond acceptors (Lipinski definition) is 2. The smallest absolute Gasteiger partial charge is 0.0721 e. The average molecular weight is 225 g/mol. The molecule has 0 unspecified atom stereocenters. The second-order valence-corrected chi connectivity index (χ2v) is 4.15. The summed E-state index contributed by atoms with van der Waals surface area (Å²) in [5.41, 5.74) is 10.2. The Morgan fingerprint density at radius 2 is 2.00 bits per heavy atom. The Kier molecular flexibility index (Phi) is 2.18. The van der Waals surface area contributed by atoms with E-state index in [2.05, 4.69) is 29.4 Å². The first kappa shape index (κ1) is 10.0. The van der Waals surface area contributed by atoms with Gasteiger partial charge in [-0.3, -0.25) is 0 Å². The standard InChI is InChI=1S/C14H15N3/c1-2-16-12-8-7-10(15)13-9-5-3-4-6-11(9)17-14(12)13/h3-8,16-17H,2,15H2,1H3. The van der Waals surface area contributed by atoms with E-state index in [1.165, 1.54) is 5.39 Å². The van der Waals surface area contributed by atoms with Gasteiger partial charge in [0.25, 0.3) is 0 Å². The first-order valence-corrected chi connectivity index (χ1v) is 5.84. The fraction of sp³-hybridized carbons (Fsp3) is 0.143. The zero-order valence-corrected chi connectivity index (χ0v) is 9.75. The number of para-hydroxylation sites is 1. The summed E-state index contributed by atoms with van der Waals surface area (Å²) < 4.78 is 0. The van der Waals surface area contributed by atoms with Gasteiger partial charge in [0.05, 0.1) is 11.2 Å². The molecular weight excluding hydrogens is 210 g/mol. The van der Waals surface area contributed by atoms with Crippen molar-refractivity contribution in [2.45, 2.75) is 6.92 Å². The van der Waals surface area contributed by atoms with Gasteiger partial charge in [-0.15, -0.1) is 0 Å². The summed E-state index contributed by atoms with van der Waals surface area (Å²) in [4.78, 5) is 3.43. The molecule has 1 heterocycles. The lowest BCUT2D eigenvalue weighted by molar-refractivity contribution is 1.22. The Balaban J connectivity index is 2.45. The largest absolute Gasteiger partial charge is 0.398 e. The van der Waals surface area contributed by atoms with Gasteiger partial charge in [0, 0.05) is 28.5 Å². The topological polar surface area (TPSA) is 53.8 Å². The lowest BCUT2D eigenvalue weighted by atomic mass is 10.1. The molecule has 0 saturated heterocycles. The third-order valence-corrected chi connectivity index (χ3v) is 3.06. The van der Waals surface area contributed by atoms with E-state index in [1.807, 2.05) is 24.3 Å². The summed E-state index contributed by atoms with van der Waals surface area (Å²) in [5.74, 6) is 0. The average Bonchev–Trinajstić information content (AvgIpc) is 2.73. The molecule has 0 amide bonds. The Bertz CT molecular complexity index is 682. The Morgan fingerprint density at radius 1 is 1.18 bits per heavy atom. The van der Waals surface area contributed by atoms with Crippen molar-refractivity contribution in [2.75, 3.05) is 17.6 Å². The highest BCUT2D eigenvalue weighted by molar-refractivity contribution is 6.16. The van der Waals surface area contributed by atoms with Gasteiger partial charge in [-0.1, -0.05) is 18.2 Å². The van der Waals surface area contributed by atoms with E-state index in [-0.39, 0.29) is 0 Å². The SMILES string of the molecule is CCNc1ccc(N)c2c1[nH]c1ccccc12. The molecule has 0 aliphatic heterocycles. The van der Waals surface area contributed by atoms with Crippen molar-refractivity contribution in [1.82, 2.24) is 4.98 Å². The molecule has 17 heavy (non-hydrogen) atoms. The molecule has 0 spiro atoms. The van der Waals surface area contributed by atoms with Gasteiger partial charge in [0.15, 0.2) is 0 Å². The number of aromatic amines is 1. The molecule has 0 atom stereocenters. The molecular formula is C14H15N3. The predicted octanol–water partition coefficient (Wildman–Crippen LogP) is 3.34. The molecule has 3 heteroatoms. The van der Waals surface area contributed by atoms with Gasteiger partial charge in [-0.25, -0.2) is 0 Å². The number of nitrogen functional groups attached to an aromatic ring is 1. The number of H-pyrrole nitrogens is 1. The zero-order chi connectivity index (χ0) is 11.8. The van der Waals surface area contributed by atoms with E-state index in [0.29, 0.717) is 0 Å². The van der Waals surface area contributed by atoms with E-state index < -0.39 is 0 Å². The number of fused-ring (bicyclic) bond motifs is 3. The molecule has 0 aliphatic rings. The fourth-order valence-electron chi connectivity index (χ4n) is 2.32. The van der Waals surface area contributed by atoms with E-state index in [4.69, 9.17) is 5.73 Å². The molecule has 4 N–H and O–H groups in total. The molecule has 0 aliphatic carbocycles. The van der Waals surface area contributed by atoms with Crippen molar-refractivity contribution in [1.29, 1.82) is 0 Å². The number of benzene rings is 2. The first-order chi connectivity index (χ1) is 8.31. The van der Waals surface area contributed by atoms with Gasteiger partial charge in [-0.05, 0) is 25.1 Å². The summed E-state index contributed by atoms with van der Waals surface area (Å²) >= 11 is 0. The number of nitrogens with one attached hydrogen (secondary N) is 2. The van der Waals surface area contributed by atoms with Crippen LogP contribution in [0.15, 0.2) is 36.4 Å². The van der Waals surface area contributed by atoms with Crippen molar-refractivity contribution < 1.29 is 0 Å². The maximum Gasteiger partial charge on any atom is 0.0721 e. The molecule has 3 aromatic rings. The second kappa shape index (κ2) is 3.70. The lowest BCUT2D eigenvalue weighted by Gasteiger charge is -2.06. The van der Waals surface area contributed by atoms with Crippen LogP contribution in [-0.4, -0.2) is 11.5 Å². The molecule has 2 aromatic carbocycles. The maximum absolute atomic E-state index is 6.08. The molecule has 3 nitrogen and oxygen atoms in total. The first-order valence-electron chi connectivity index (χ1n) is 5.84. The van der Waals surface area contributed by atoms with Crippen LogP contribution in [-0.2, 0) is 0 Å². The minimum Gasteiger partial charge on any atom is -0.398 e. The van der Waals surface area contributed by atoms with Gasteiger partial charge >= 0.3 is 0 Å². The van der Waals surface area contributed by atoms with Crippen molar-refractivity contribution in [3.63, 3.8) is 0 Å². The monoisotopic (exact) mass is 225 g/mol. The van der Waals surface area contributed by atoms with Crippen molar-refractivity contribution >= 4 is 33.2 Å². The number of nitrogens with two attached hydrogens (primary N) is 1. The molecule has 3 rings (SSSR count). The van der Waals surface area contributed by atoms with Crippen molar-refractivity contribution in [3.8, 4) is 0 Å². The number of aromatic nitrogens is 1. The summed E-state index contributed by atoms with van der Waals surface area (Å²) in [6, 6.07) is 12.2. The molecule has 0 radical (unpaired) electrons. The van der Waals surface area contributed by atoms with Gasteiger partial charge in [-0.2, -0.15) is 0 Å². The minimum absolute atomic E-state index is 0.819. The van der Waals surface area contributed by atoms with Crippen LogP contribution in [0, 0.1) is 0 Å². The molecule has 0 saturated carbocycles. The number of hydrogen-bond donors (Lipinski definition) is 3. The molecule has 86 valence electrons. The van der Waals surface area contributed by atoms with Crippen molar-refractivity contribution in [2.24, 2.45) is 0 Å². The van der Waals surface area contributed by atoms with Crippen LogP contribution >= 0.6 is 0 Å². The van der Waals surface area contributed by atoms with Crippen LogP contribution in [0.25, 0.3) is 21.8 Å². The highest BCUT2D eigenvalue weighted by Gasteiger charge is 2.09. The van der Waals surface area contributed by atoms with E-state index >= 15 is 0 Å². The van der Waals surface area contributed by atoms with Crippen LogP contribution in [0.4, 0.5) is 11.4 Å².